The van der Waals surface area contributed by atoms with Crippen LogP contribution in [0.4, 0.5) is 5.82 Å². The first kappa shape index (κ1) is 18.7. The summed E-state index contributed by atoms with van der Waals surface area (Å²) in [5, 5.41) is 4.43. The summed E-state index contributed by atoms with van der Waals surface area (Å²) in [6, 6.07) is 18.3. The summed E-state index contributed by atoms with van der Waals surface area (Å²) in [7, 11) is 0. The van der Waals surface area contributed by atoms with Gasteiger partial charge in [0.1, 0.15) is 12.1 Å². The molecule has 0 saturated heterocycles. The predicted octanol–water partition coefficient (Wildman–Crippen LogP) is 4.27. The van der Waals surface area contributed by atoms with Crippen molar-refractivity contribution in [1.82, 2.24) is 19.5 Å². The van der Waals surface area contributed by atoms with Crippen LogP contribution in [0.2, 0.25) is 0 Å². The van der Waals surface area contributed by atoms with E-state index in [0.29, 0.717) is 12.5 Å². The van der Waals surface area contributed by atoms with Gasteiger partial charge in [0.25, 0.3) is 0 Å². The molecule has 2 aromatic carbocycles. The molecule has 0 fully saturated rings. The summed E-state index contributed by atoms with van der Waals surface area (Å²) in [6.45, 7) is 0.714. The highest BCUT2D eigenvalue weighted by Gasteiger charge is 2.08. The Balaban J connectivity index is 0.00000113. The fraction of sp³-hybridized carbons (Fsp3) is 0.0556. The smallest absolute Gasteiger partial charge is 0.237 e. The number of para-hydroxylation sites is 1. The van der Waals surface area contributed by atoms with Crippen LogP contribution < -0.4 is 5.32 Å². The van der Waals surface area contributed by atoms with Gasteiger partial charge in [-0.25, -0.2) is 9.97 Å². The van der Waals surface area contributed by atoms with Crippen molar-refractivity contribution in [2.45, 2.75) is 6.54 Å². The summed E-state index contributed by atoms with van der Waals surface area (Å²) >= 11 is 0. The third-order valence-electron chi connectivity index (χ3n) is 3.63. The van der Waals surface area contributed by atoms with Gasteiger partial charge in [-0.3, -0.25) is 4.57 Å². The van der Waals surface area contributed by atoms with Crippen LogP contribution in [0.1, 0.15) is 5.56 Å². The van der Waals surface area contributed by atoms with E-state index in [1.807, 2.05) is 48.7 Å². The van der Waals surface area contributed by atoms with Gasteiger partial charge in [-0.15, -0.1) is 24.8 Å². The standard InChI is InChI=1S/C18H15N5.2ClH/c1-2-6-14(7-3-1)12-20-17-15-8-4-5-9-16(15)21-18(22-17)23-11-10-19-13-23;;/h1-11,13H,12H2,(H,20,21,22);2*1H. The van der Waals surface area contributed by atoms with E-state index < -0.39 is 0 Å². The number of rotatable bonds is 4. The molecular formula is C18H17Cl2N5. The van der Waals surface area contributed by atoms with E-state index in [1.165, 1.54) is 5.56 Å². The minimum Gasteiger partial charge on any atom is -0.365 e. The Bertz CT molecular complexity index is 927. The molecule has 4 aromatic rings. The lowest BCUT2D eigenvalue weighted by atomic mass is 10.2. The first-order chi connectivity index (χ1) is 11.4. The summed E-state index contributed by atoms with van der Waals surface area (Å²) in [4.78, 5) is 13.3. The number of nitrogens with one attached hydrogen (secondary N) is 1. The lowest BCUT2D eigenvalue weighted by molar-refractivity contribution is 0.936. The highest BCUT2D eigenvalue weighted by molar-refractivity contribution is 5.89. The normalized spacial score (nSPS) is 9.92. The van der Waals surface area contributed by atoms with Crippen molar-refractivity contribution in [1.29, 1.82) is 0 Å². The fourth-order valence-electron chi connectivity index (χ4n) is 2.47. The quantitative estimate of drug-likeness (QED) is 0.580. The van der Waals surface area contributed by atoms with E-state index >= 15 is 0 Å². The van der Waals surface area contributed by atoms with Crippen LogP contribution in [0.25, 0.3) is 16.9 Å². The molecule has 0 spiro atoms. The van der Waals surface area contributed by atoms with Gasteiger partial charge in [-0.05, 0) is 17.7 Å². The van der Waals surface area contributed by atoms with Gasteiger partial charge in [0, 0.05) is 24.3 Å². The Morgan fingerprint density at radius 1 is 0.880 bits per heavy atom. The maximum atomic E-state index is 4.66. The lowest BCUT2D eigenvalue weighted by Gasteiger charge is -2.11. The van der Waals surface area contributed by atoms with Crippen LogP contribution >= 0.6 is 24.8 Å². The molecule has 0 radical (unpaired) electrons. The van der Waals surface area contributed by atoms with Gasteiger partial charge in [-0.2, -0.15) is 4.98 Å². The van der Waals surface area contributed by atoms with Crippen LogP contribution in [0.5, 0.6) is 0 Å². The number of nitrogens with zero attached hydrogens (tertiary/aromatic N) is 4. The topological polar surface area (TPSA) is 55.6 Å². The number of imidazole rings is 1. The number of fused-ring (bicyclic) bond motifs is 1. The molecule has 128 valence electrons. The maximum Gasteiger partial charge on any atom is 0.237 e. The second kappa shape index (κ2) is 8.46. The summed E-state index contributed by atoms with van der Waals surface area (Å²) in [6.07, 6.45) is 5.26. The van der Waals surface area contributed by atoms with Gasteiger partial charge in [0.15, 0.2) is 0 Å². The molecule has 5 nitrogen and oxygen atoms in total. The molecule has 0 saturated carbocycles. The van der Waals surface area contributed by atoms with Crippen LogP contribution in [0.15, 0.2) is 73.3 Å². The first-order valence-electron chi connectivity index (χ1n) is 7.43. The molecule has 0 amide bonds. The molecule has 2 aromatic heterocycles. The molecule has 0 atom stereocenters. The molecule has 0 unspecified atom stereocenters. The monoisotopic (exact) mass is 373 g/mol. The summed E-state index contributed by atoms with van der Waals surface area (Å²) < 4.78 is 1.81. The fourth-order valence-corrected chi connectivity index (χ4v) is 2.47. The minimum absolute atomic E-state index is 0. The third-order valence-corrected chi connectivity index (χ3v) is 3.63. The van der Waals surface area contributed by atoms with Crippen molar-refractivity contribution in [3.63, 3.8) is 0 Å². The molecule has 0 aliphatic carbocycles. The molecule has 25 heavy (non-hydrogen) atoms. The van der Waals surface area contributed by atoms with Gasteiger partial charge in [0.2, 0.25) is 5.95 Å². The van der Waals surface area contributed by atoms with Crippen molar-refractivity contribution in [2.75, 3.05) is 5.32 Å². The Hall–Kier alpha value is -2.63. The van der Waals surface area contributed by atoms with Gasteiger partial charge in [0.05, 0.1) is 5.52 Å². The largest absolute Gasteiger partial charge is 0.365 e. The van der Waals surface area contributed by atoms with Crippen molar-refractivity contribution in [3.8, 4) is 5.95 Å². The zero-order chi connectivity index (χ0) is 15.5. The van der Waals surface area contributed by atoms with Gasteiger partial charge >= 0.3 is 0 Å². The minimum atomic E-state index is 0. The zero-order valence-corrected chi connectivity index (χ0v) is 14.9. The number of halogens is 2. The molecular weight excluding hydrogens is 357 g/mol. The van der Waals surface area contributed by atoms with Gasteiger partial charge < -0.3 is 5.32 Å². The van der Waals surface area contributed by atoms with Gasteiger partial charge in [-0.1, -0.05) is 42.5 Å². The average molecular weight is 374 g/mol. The van der Waals surface area contributed by atoms with E-state index in [9.17, 15) is 0 Å². The Morgan fingerprint density at radius 3 is 2.40 bits per heavy atom. The zero-order valence-electron chi connectivity index (χ0n) is 13.2. The van der Waals surface area contributed by atoms with Crippen LogP contribution in [0, 0.1) is 0 Å². The number of hydrogen-bond acceptors (Lipinski definition) is 4. The first-order valence-corrected chi connectivity index (χ1v) is 7.43. The number of anilines is 1. The van der Waals surface area contributed by atoms with Crippen LogP contribution in [0.3, 0.4) is 0 Å². The van der Waals surface area contributed by atoms with Crippen LogP contribution in [-0.2, 0) is 6.54 Å². The summed E-state index contributed by atoms with van der Waals surface area (Å²) in [5.41, 5.74) is 2.11. The lowest BCUT2D eigenvalue weighted by Crippen LogP contribution is -2.06. The highest BCUT2D eigenvalue weighted by Crippen LogP contribution is 2.22. The maximum absolute atomic E-state index is 4.66. The van der Waals surface area contributed by atoms with E-state index in [1.54, 1.807) is 17.1 Å². The molecule has 0 aliphatic rings. The number of aromatic nitrogens is 4. The summed E-state index contributed by atoms with van der Waals surface area (Å²) in [5.74, 6) is 1.43. The number of hydrogen-bond donors (Lipinski definition) is 1. The molecule has 0 bridgehead atoms. The Labute approximate surface area is 158 Å². The van der Waals surface area contributed by atoms with Crippen molar-refractivity contribution < 1.29 is 0 Å². The van der Waals surface area contributed by atoms with E-state index in [-0.39, 0.29) is 24.8 Å². The second-order valence-corrected chi connectivity index (χ2v) is 5.20. The van der Waals surface area contributed by atoms with E-state index in [0.717, 1.165) is 16.7 Å². The third kappa shape index (κ3) is 4.07. The average Bonchev–Trinajstić information content (AvgIpc) is 3.15. The van der Waals surface area contributed by atoms with Crippen molar-refractivity contribution in [2.24, 2.45) is 0 Å². The van der Waals surface area contributed by atoms with E-state index in [2.05, 4.69) is 32.4 Å². The SMILES string of the molecule is Cl.Cl.c1ccc(CNc2nc(-n3ccnc3)nc3ccccc23)cc1. The van der Waals surface area contributed by atoms with Crippen molar-refractivity contribution in [3.05, 3.63) is 78.9 Å². The second-order valence-electron chi connectivity index (χ2n) is 5.20. The Morgan fingerprint density at radius 2 is 1.64 bits per heavy atom. The van der Waals surface area contributed by atoms with Crippen molar-refractivity contribution >= 4 is 41.5 Å². The molecule has 4 rings (SSSR count). The molecule has 1 N–H and O–H groups in total. The predicted molar refractivity (Wildman–Crippen MR) is 105 cm³/mol. The molecule has 7 heteroatoms. The highest BCUT2D eigenvalue weighted by atomic mass is 35.5. The molecule has 2 heterocycles. The van der Waals surface area contributed by atoms with E-state index in [4.69, 9.17) is 0 Å². The Kier molecular flexibility index (Phi) is 6.33. The number of benzene rings is 2. The molecule has 0 aliphatic heterocycles. The van der Waals surface area contributed by atoms with Crippen LogP contribution in [-0.4, -0.2) is 19.5 Å².